The van der Waals surface area contributed by atoms with Gasteiger partial charge >= 0.3 is 12.1 Å². The fraction of sp³-hybridized carbons (Fsp3) is 0.649. The SMILES string of the molecule is Cc1c(C)c2c(c(C)c1OC(=O)c1ccc(N)c(C(F)(F)F)c1)CC[C@@](C)(CCC[C@H](C)CCC[C@H](C)CCCC(C)C)O2. The summed E-state index contributed by atoms with van der Waals surface area (Å²) < 4.78 is 52.5. The predicted octanol–water partition coefficient (Wildman–Crippen LogP) is 11.0. The number of alkyl halides is 3. The van der Waals surface area contributed by atoms with E-state index in [0.29, 0.717) is 11.7 Å². The summed E-state index contributed by atoms with van der Waals surface area (Å²) in [5, 5.41) is 0. The minimum absolute atomic E-state index is 0.199. The second kappa shape index (κ2) is 15.1. The lowest BCUT2D eigenvalue weighted by Gasteiger charge is -2.38. The molecule has 2 aromatic carbocycles. The first-order valence-electron chi connectivity index (χ1n) is 16.5. The zero-order chi connectivity index (χ0) is 32.8. The summed E-state index contributed by atoms with van der Waals surface area (Å²) in [6.45, 7) is 17.3. The van der Waals surface area contributed by atoms with Gasteiger partial charge in [0.2, 0.25) is 0 Å². The van der Waals surface area contributed by atoms with Crippen LogP contribution in [-0.4, -0.2) is 11.6 Å². The average Bonchev–Trinajstić information content (AvgIpc) is 2.93. The number of carbonyl (C=O) groups excluding carboxylic acids is 1. The summed E-state index contributed by atoms with van der Waals surface area (Å²) >= 11 is 0. The first-order chi connectivity index (χ1) is 20.5. The summed E-state index contributed by atoms with van der Waals surface area (Å²) in [4.78, 5) is 13.0. The van der Waals surface area contributed by atoms with Gasteiger partial charge in [0, 0.05) is 11.3 Å². The molecule has 3 atom stereocenters. The molecule has 2 N–H and O–H groups in total. The number of nitrogen functional groups attached to an aromatic ring is 1. The van der Waals surface area contributed by atoms with Crippen molar-refractivity contribution in [3.8, 4) is 11.5 Å². The van der Waals surface area contributed by atoms with Crippen molar-refractivity contribution in [2.75, 3.05) is 5.73 Å². The normalized spacial score (nSPS) is 18.1. The number of benzene rings is 2. The summed E-state index contributed by atoms with van der Waals surface area (Å²) in [5.74, 6) is 2.69. The van der Waals surface area contributed by atoms with Crippen molar-refractivity contribution < 1.29 is 27.4 Å². The third-order valence-electron chi connectivity index (χ3n) is 9.63. The lowest BCUT2D eigenvalue weighted by molar-refractivity contribution is -0.136. The zero-order valence-corrected chi connectivity index (χ0v) is 28.2. The van der Waals surface area contributed by atoms with E-state index < -0.39 is 23.4 Å². The fourth-order valence-corrected chi connectivity index (χ4v) is 6.49. The molecule has 0 fully saturated rings. The highest BCUT2D eigenvalue weighted by molar-refractivity contribution is 5.92. The number of anilines is 1. The Kier molecular flexibility index (Phi) is 12.2. The number of hydrogen-bond donors (Lipinski definition) is 1. The van der Waals surface area contributed by atoms with Crippen LogP contribution in [0.25, 0.3) is 0 Å². The smallest absolute Gasteiger partial charge is 0.418 e. The Hall–Kier alpha value is -2.70. The first-order valence-corrected chi connectivity index (χ1v) is 16.5. The number of hydrogen-bond acceptors (Lipinski definition) is 4. The van der Waals surface area contributed by atoms with Gasteiger partial charge in [-0.05, 0) is 106 Å². The molecule has 3 rings (SSSR count). The number of halogens is 3. The maximum atomic E-state index is 13.4. The molecule has 0 saturated heterocycles. The predicted molar refractivity (Wildman–Crippen MR) is 174 cm³/mol. The van der Waals surface area contributed by atoms with Crippen LogP contribution >= 0.6 is 0 Å². The Morgan fingerprint density at radius 1 is 0.932 bits per heavy atom. The van der Waals surface area contributed by atoms with Gasteiger partial charge in [0.05, 0.1) is 11.1 Å². The van der Waals surface area contributed by atoms with E-state index >= 15 is 0 Å². The molecular weight excluding hydrogens is 563 g/mol. The molecule has 0 bridgehead atoms. The van der Waals surface area contributed by atoms with E-state index in [-0.39, 0.29) is 11.2 Å². The van der Waals surface area contributed by atoms with Crippen LogP contribution < -0.4 is 15.2 Å². The van der Waals surface area contributed by atoms with Crippen LogP contribution in [-0.2, 0) is 12.6 Å². The third kappa shape index (κ3) is 9.40. The topological polar surface area (TPSA) is 61.5 Å². The van der Waals surface area contributed by atoms with Crippen LogP contribution in [0.15, 0.2) is 18.2 Å². The Morgan fingerprint density at radius 3 is 2.11 bits per heavy atom. The highest BCUT2D eigenvalue weighted by Gasteiger charge is 2.36. The highest BCUT2D eigenvalue weighted by atomic mass is 19.4. The molecular formula is C37H54F3NO3. The van der Waals surface area contributed by atoms with Crippen LogP contribution in [0.4, 0.5) is 18.9 Å². The molecule has 4 nitrogen and oxygen atoms in total. The van der Waals surface area contributed by atoms with Gasteiger partial charge in [-0.25, -0.2) is 4.79 Å². The van der Waals surface area contributed by atoms with Crippen LogP contribution in [0.5, 0.6) is 11.5 Å². The van der Waals surface area contributed by atoms with E-state index in [9.17, 15) is 18.0 Å². The van der Waals surface area contributed by atoms with Crippen LogP contribution in [0, 0.1) is 38.5 Å². The Bertz CT molecular complexity index is 1290. The number of ether oxygens (including phenoxy) is 2. The molecule has 0 aromatic heterocycles. The van der Waals surface area contributed by atoms with E-state index in [0.717, 1.165) is 77.7 Å². The molecule has 7 heteroatoms. The van der Waals surface area contributed by atoms with Gasteiger partial charge in [-0.2, -0.15) is 13.2 Å². The molecule has 1 aliphatic rings. The molecule has 0 aliphatic carbocycles. The van der Waals surface area contributed by atoms with Crippen molar-refractivity contribution in [2.45, 2.75) is 138 Å². The fourth-order valence-electron chi connectivity index (χ4n) is 6.49. The number of esters is 1. The first kappa shape index (κ1) is 35.8. The maximum Gasteiger partial charge on any atom is 0.418 e. The lowest BCUT2D eigenvalue weighted by Crippen LogP contribution is -2.37. The highest BCUT2D eigenvalue weighted by Crippen LogP contribution is 2.45. The maximum absolute atomic E-state index is 13.4. The Balaban J connectivity index is 1.59. The van der Waals surface area contributed by atoms with E-state index in [2.05, 4.69) is 34.6 Å². The molecule has 0 radical (unpaired) electrons. The number of fused-ring (bicyclic) bond motifs is 1. The van der Waals surface area contributed by atoms with E-state index in [1.807, 2.05) is 20.8 Å². The monoisotopic (exact) mass is 617 g/mol. The molecule has 0 spiro atoms. The second-order valence-corrected chi connectivity index (χ2v) is 14.1. The summed E-state index contributed by atoms with van der Waals surface area (Å²) in [6, 6.07) is 3.09. The van der Waals surface area contributed by atoms with Crippen molar-refractivity contribution in [1.82, 2.24) is 0 Å². The molecule has 1 heterocycles. The molecule has 0 amide bonds. The van der Waals surface area contributed by atoms with Crippen molar-refractivity contribution in [2.24, 2.45) is 17.8 Å². The summed E-state index contributed by atoms with van der Waals surface area (Å²) in [6.07, 6.45) is 8.19. The average molecular weight is 618 g/mol. The molecule has 0 unspecified atom stereocenters. The minimum atomic E-state index is -4.66. The molecule has 1 aliphatic heterocycles. The molecule has 246 valence electrons. The van der Waals surface area contributed by atoms with E-state index in [1.165, 1.54) is 51.0 Å². The van der Waals surface area contributed by atoms with Crippen molar-refractivity contribution in [1.29, 1.82) is 0 Å². The van der Waals surface area contributed by atoms with Crippen LogP contribution in [0.2, 0.25) is 0 Å². The van der Waals surface area contributed by atoms with Gasteiger partial charge in [0.1, 0.15) is 17.1 Å². The molecule has 2 aromatic rings. The van der Waals surface area contributed by atoms with Gasteiger partial charge in [0.15, 0.2) is 0 Å². The summed E-state index contributed by atoms with van der Waals surface area (Å²) in [5.41, 5.74) is 6.98. The quantitative estimate of drug-likeness (QED) is 0.130. The third-order valence-corrected chi connectivity index (χ3v) is 9.63. The number of rotatable bonds is 14. The van der Waals surface area contributed by atoms with Crippen LogP contribution in [0.1, 0.15) is 137 Å². The minimum Gasteiger partial charge on any atom is -0.487 e. The van der Waals surface area contributed by atoms with E-state index in [4.69, 9.17) is 15.2 Å². The second-order valence-electron chi connectivity index (χ2n) is 14.1. The van der Waals surface area contributed by atoms with Gasteiger partial charge in [0.25, 0.3) is 0 Å². The summed E-state index contributed by atoms with van der Waals surface area (Å²) in [7, 11) is 0. The van der Waals surface area contributed by atoms with Gasteiger partial charge in [-0.3, -0.25) is 0 Å². The van der Waals surface area contributed by atoms with Crippen molar-refractivity contribution in [3.63, 3.8) is 0 Å². The van der Waals surface area contributed by atoms with Crippen molar-refractivity contribution >= 4 is 11.7 Å². The van der Waals surface area contributed by atoms with Gasteiger partial charge in [-0.1, -0.05) is 72.6 Å². The van der Waals surface area contributed by atoms with Crippen LogP contribution in [0.3, 0.4) is 0 Å². The van der Waals surface area contributed by atoms with Gasteiger partial charge < -0.3 is 15.2 Å². The van der Waals surface area contributed by atoms with E-state index in [1.54, 1.807) is 0 Å². The Labute approximate surface area is 263 Å². The molecule has 0 saturated carbocycles. The number of carbonyl (C=O) groups is 1. The number of nitrogens with two attached hydrogens (primary N) is 1. The zero-order valence-electron chi connectivity index (χ0n) is 28.2. The lowest BCUT2D eigenvalue weighted by atomic mass is 9.83. The molecule has 44 heavy (non-hydrogen) atoms. The largest absolute Gasteiger partial charge is 0.487 e. The standard InChI is InChI=1S/C37H54F3NO3/c1-23(2)12-9-13-24(3)14-10-15-25(4)16-11-20-36(8)21-19-30-28(7)33(26(5)27(6)34(30)44-36)43-35(42)29-17-18-32(41)31(22-29)37(38,39)40/h17-18,22-25H,9-16,19-21,41H2,1-8H3/t24-,25-,36-/m1/s1. The Morgan fingerprint density at radius 2 is 1.52 bits per heavy atom. The van der Waals surface area contributed by atoms with Crippen molar-refractivity contribution in [3.05, 3.63) is 51.6 Å². The van der Waals surface area contributed by atoms with Gasteiger partial charge in [-0.15, -0.1) is 0 Å².